The lowest BCUT2D eigenvalue weighted by molar-refractivity contribution is 0.215. The third-order valence-electron chi connectivity index (χ3n) is 4.12. The molecule has 0 radical (unpaired) electrons. The van der Waals surface area contributed by atoms with E-state index in [2.05, 4.69) is 56.0 Å². The molecule has 0 amide bonds. The van der Waals surface area contributed by atoms with Crippen molar-refractivity contribution in [3.05, 3.63) is 35.9 Å². The van der Waals surface area contributed by atoms with Crippen LogP contribution in [0.3, 0.4) is 0 Å². The van der Waals surface area contributed by atoms with Gasteiger partial charge in [-0.2, -0.15) is 0 Å². The molecule has 1 atom stereocenters. The van der Waals surface area contributed by atoms with E-state index in [9.17, 15) is 0 Å². The van der Waals surface area contributed by atoms with Gasteiger partial charge in [-0.05, 0) is 50.3 Å². The Balaban J connectivity index is 0.00000162. The van der Waals surface area contributed by atoms with Gasteiger partial charge < -0.3 is 4.90 Å². The van der Waals surface area contributed by atoms with Crippen LogP contribution in [0.4, 0.5) is 0 Å². The molecule has 1 aliphatic rings. The first-order valence-corrected chi connectivity index (χ1v) is 6.89. The van der Waals surface area contributed by atoms with Crippen molar-refractivity contribution in [1.82, 2.24) is 4.90 Å². The molecule has 0 N–H and O–H groups in total. The Labute approximate surface area is 118 Å². The monoisotopic (exact) mass is 267 g/mol. The maximum atomic E-state index is 2.64. The first kappa shape index (κ1) is 15.5. The minimum Gasteiger partial charge on any atom is -0.301 e. The molecule has 0 bridgehead atoms. The molecule has 2 heteroatoms. The zero-order valence-electron chi connectivity index (χ0n) is 11.9. The minimum atomic E-state index is 0. The molecule has 1 aromatic rings. The van der Waals surface area contributed by atoms with Gasteiger partial charge in [0.05, 0.1) is 0 Å². The van der Waals surface area contributed by atoms with Crippen LogP contribution in [0.5, 0.6) is 0 Å². The van der Waals surface area contributed by atoms with E-state index in [4.69, 9.17) is 0 Å². The average molecular weight is 268 g/mol. The van der Waals surface area contributed by atoms with Crippen molar-refractivity contribution in [3.63, 3.8) is 0 Å². The van der Waals surface area contributed by atoms with Crippen LogP contribution in [0.2, 0.25) is 0 Å². The molecular weight excluding hydrogens is 242 g/mol. The zero-order chi connectivity index (χ0) is 12.3. The minimum absolute atomic E-state index is 0. The molecule has 1 aromatic carbocycles. The van der Waals surface area contributed by atoms with E-state index < -0.39 is 0 Å². The van der Waals surface area contributed by atoms with Crippen molar-refractivity contribution >= 4 is 12.4 Å². The first-order valence-electron chi connectivity index (χ1n) is 6.89. The lowest BCUT2D eigenvalue weighted by atomic mass is 9.79. The van der Waals surface area contributed by atoms with Gasteiger partial charge in [-0.3, -0.25) is 0 Å². The fraction of sp³-hybridized carbons (Fsp3) is 0.625. The highest BCUT2D eigenvalue weighted by molar-refractivity contribution is 5.85. The van der Waals surface area contributed by atoms with Crippen molar-refractivity contribution < 1.29 is 0 Å². The molecule has 1 fully saturated rings. The van der Waals surface area contributed by atoms with Gasteiger partial charge in [0.15, 0.2) is 0 Å². The molecule has 0 spiro atoms. The highest BCUT2D eigenvalue weighted by atomic mass is 35.5. The molecule has 18 heavy (non-hydrogen) atoms. The van der Waals surface area contributed by atoms with Gasteiger partial charge in [0.25, 0.3) is 0 Å². The average Bonchev–Trinajstić information content (AvgIpc) is 2.83. The summed E-state index contributed by atoms with van der Waals surface area (Å²) in [6, 6.07) is 11.6. The van der Waals surface area contributed by atoms with E-state index in [-0.39, 0.29) is 17.8 Å². The van der Waals surface area contributed by atoms with Gasteiger partial charge >= 0.3 is 0 Å². The molecule has 0 aliphatic carbocycles. The third-order valence-corrected chi connectivity index (χ3v) is 4.12. The van der Waals surface area contributed by atoms with E-state index in [0.29, 0.717) is 6.04 Å². The summed E-state index contributed by atoms with van der Waals surface area (Å²) in [5.74, 6) is 0. The molecule has 1 unspecified atom stereocenters. The van der Waals surface area contributed by atoms with Gasteiger partial charge in [0.1, 0.15) is 0 Å². The summed E-state index contributed by atoms with van der Waals surface area (Å²) in [6.45, 7) is 9.72. The predicted octanol–water partition coefficient (Wildman–Crippen LogP) is 4.26. The highest BCUT2D eigenvalue weighted by Crippen LogP contribution is 2.30. The van der Waals surface area contributed by atoms with Crippen LogP contribution in [-0.2, 0) is 5.41 Å². The fourth-order valence-electron chi connectivity index (χ4n) is 3.06. The molecule has 0 aromatic heterocycles. The number of hydrogen-bond acceptors (Lipinski definition) is 1. The fourth-order valence-corrected chi connectivity index (χ4v) is 3.06. The van der Waals surface area contributed by atoms with Gasteiger partial charge in [0, 0.05) is 6.04 Å². The summed E-state index contributed by atoms with van der Waals surface area (Å²) < 4.78 is 0. The Morgan fingerprint density at radius 2 is 1.67 bits per heavy atom. The zero-order valence-corrected chi connectivity index (χ0v) is 12.7. The Morgan fingerprint density at radius 3 is 2.22 bits per heavy atom. The number of rotatable bonds is 4. The van der Waals surface area contributed by atoms with Gasteiger partial charge in [-0.25, -0.2) is 0 Å². The highest BCUT2D eigenvalue weighted by Gasteiger charge is 2.27. The van der Waals surface area contributed by atoms with Crippen molar-refractivity contribution in [2.75, 3.05) is 13.1 Å². The normalized spacial score (nSPS) is 18.4. The number of hydrogen-bond donors (Lipinski definition) is 0. The van der Waals surface area contributed by atoms with Gasteiger partial charge in [-0.15, -0.1) is 12.4 Å². The van der Waals surface area contributed by atoms with Crippen LogP contribution in [0.15, 0.2) is 30.3 Å². The Morgan fingerprint density at radius 1 is 1.11 bits per heavy atom. The smallest absolute Gasteiger partial charge is 0.00752 e. The van der Waals surface area contributed by atoms with Crippen molar-refractivity contribution in [3.8, 4) is 0 Å². The van der Waals surface area contributed by atoms with E-state index in [1.807, 2.05) is 0 Å². The van der Waals surface area contributed by atoms with E-state index >= 15 is 0 Å². The molecule has 1 aliphatic heterocycles. The largest absolute Gasteiger partial charge is 0.301 e. The summed E-state index contributed by atoms with van der Waals surface area (Å²) >= 11 is 0. The Hall–Kier alpha value is -0.530. The Bertz CT molecular complexity index is 341. The second-order valence-corrected chi connectivity index (χ2v) is 6.05. The molecule has 102 valence electrons. The van der Waals surface area contributed by atoms with Crippen LogP contribution >= 0.6 is 12.4 Å². The van der Waals surface area contributed by atoms with Crippen molar-refractivity contribution in [2.45, 2.75) is 51.5 Å². The maximum Gasteiger partial charge on any atom is 0.00752 e. The molecule has 1 nitrogen and oxygen atoms in total. The van der Waals surface area contributed by atoms with Crippen molar-refractivity contribution in [2.24, 2.45) is 0 Å². The molecule has 1 saturated heterocycles. The molecule has 2 rings (SSSR count). The summed E-state index contributed by atoms with van der Waals surface area (Å²) in [5, 5.41) is 0. The van der Waals surface area contributed by atoms with Crippen LogP contribution in [-0.4, -0.2) is 24.0 Å². The van der Waals surface area contributed by atoms with Crippen LogP contribution in [0.25, 0.3) is 0 Å². The summed E-state index contributed by atoms with van der Waals surface area (Å²) in [7, 11) is 0. The van der Waals surface area contributed by atoms with Crippen LogP contribution in [0, 0.1) is 0 Å². The Kier molecular flexibility index (Phi) is 5.68. The summed E-state index contributed by atoms with van der Waals surface area (Å²) in [4.78, 5) is 2.64. The number of nitrogens with zero attached hydrogens (tertiary/aromatic N) is 1. The second kappa shape index (κ2) is 6.58. The first-order chi connectivity index (χ1) is 8.09. The number of likely N-dealkylation sites (tertiary alicyclic amines) is 1. The summed E-state index contributed by atoms with van der Waals surface area (Å²) in [6.07, 6.45) is 4.02. The summed E-state index contributed by atoms with van der Waals surface area (Å²) in [5.41, 5.74) is 1.74. The van der Waals surface area contributed by atoms with Crippen molar-refractivity contribution in [1.29, 1.82) is 0 Å². The standard InChI is InChI=1S/C16H25N.ClH/c1-14(17-11-7-8-12-17)13-16(2,3)15-9-5-4-6-10-15;/h4-6,9-10,14H,7-8,11-13H2,1-3H3;1H. The van der Waals surface area contributed by atoms with E-state index in [1.54, 1.807) is 0 Å². The van der Waals surface area contributed by atoms with Crippen LogP contribution in [0.1, 0.15) is 45.6 Å². The second-order valence-electron chi connectivity index (χ2n) is 6.05. The number of benzene rings is 1. The molecular formula is C16H26ClN. The number of halogens is 1. The molecule has 0 saturated carbocycles. The quantitative estimate of drug-likeness (QED) is 0.788. The SMILES string of the molecule is CC(CC(C)(C)c1ccccc1)N1CCCC1.Cl. The predicted molar refractivity (Wildman–Crippen MR) is 81.6 cm³/mol. The van der Waals surface area contributed by atoms with E-state index in [0.717, 1.165) is 0 Å². The lowest BCUT2D eigenvalue weighted by Gasteiger charge is -2.33. The third kappa shape index (κ3) is 3.73. The van der Waals surface area contributed by atoms with E-state index in [1.165, 1.54) is 37.9 Å². The van der Waals surface area contributed by atoms with Gasteiger partial charge in [-0.1, -0.05) is 44.2 Å². The lowest BCUT2D eigenvalue weighted by Crippen LogP contribution is -2.35. The van der Waals surface area contributed by atoms with Gasteiger partial charge in [0.2, 0.25) is 0 Å². The molecule has 1 heterocycles. The maximum absolute atomic E-state index is 2.64. The topological polar surface area (TPSA) is 3.24 Å². The van der Waals surface area contributed by atoms with Crippen LogP contribution < -0.4 is 0 Å².